The molecule has 8 rings (SSSR count). The fourth-order valence-electron chi connectivity index (χ4n) is 6.81. The lowest BCUT2D eigenvalue weighted by Gasteiger charge is -2.53. The normalized spacial score (nSPS) is 26.4. The second kappa shape index (κ2) is 9.75. The number of carbonyl (C=O) groups excluding carboxylic acids is 1. The number of ether oxygens (including phenoxy) is 1. The summed E-state index contributed by atoms with van der Waals surface area (Å²) in [5, 5.41) is 12.5. The molecule has 0 N–H and O–H groups in total. The Kier molecular flexibility index (Phi) is 6.20. The molecule has 2 aromatic heterocycles. The van der Waals surface area contributed by atoms with E-state index in [-0.39, 0.29) is 22.8 Å². The van der Waals surface area contributed by atoms with Crippen LogP contribution in [0.5, 0.6) is 6.08 Å². The molecule has 5 saturated carbocycles. The molecule has 2 bridgehead atoms. The lowest BCUT2D eigenvalue weighted by Crippen LogP contribution is -2.51. The summed E-state index contributed by atoms with van der Waals surface area (Å²) in [5.74, 6) is 3.40. The van der Waals surface area contributed by atoms with Gasteiger partial charge in [0, 0.05) is 35.5 Å². The molecule has 0 aliphatic heterocycles. The molecule has 0 spiro atoms. The van der Waals surface area contributed by atoms with Crippen molar-refractivity contribution in [1.29, 1.82) is 0 Å². The van der Waals surface area contributed by atoms with Crippen molar-refractivity contribution in [3.8, 4) is 17.5 Å². The van der Waals surface area contributed by atoms with E-state index in [0.717, 1.165) is 80.9 Å². The number of anilines is 1. The molecular weight excluding hydrogens is 494 g/mol. The third-order valence-corrected chi connectivity index (χ3v) is 9.80. The summed E-state index contributed by atoms with van der Waals surface area (Å²) in [7, 11) is 0. The van der Waals surface area contributed by atoms with E-state index in [4.69, 9.17) is 18.7 Å². The number of fused-ring (bicyclic) bond motifs is 3. The van der Waals surface area contributed by atoms with Gasteiger partial charge in [0.25, 0.3) is 5.89 Å². The molecule has 9 nitrogen and oxygen atoms in total. The van der Waals surface area contributed by atoms with Crippen molar-refractivity contribution in [3.63, 3.8) is 0 Å². The molecule has 2 heterocycles. The van der Waals surface area contributed by atoms with Gasteiger partial charge in [-0.05, 0) is 101 Å². The van der Waals surface area contributed by atoms with Gasteiger partial charge in [-0.1, -0.05) is 22.7 Å². The van der Waals surface area contributed by atoms with Gasteiger partial charge in [-0.25, -0.2) is 0 Å². The van der Waals surface area contributed by atoms with E-state index in [1.807, 2.05) is 31.2 Å². The number of amides is 1. The zero-order chi connectivity index (χ0) is 26.5. The highest BCUT2D eigenvalue weighted by Gasteiger charge is 2.53. The standard InChI is InChI=1S/C30H37N5O4/c1-2-37-28-33-32-26(38-28)22-7-4-8-23(18-22)35(24(36)17-20-5-3-6-20)19-29-11-14-30(15-12-29,16-13-29)27-31-25(34-39-27)21-9-10-21/h4,7-8,18,20-21H,2-3,5-6,9-17,19H2,1H3. The molecule has 0 atom stereocenters. The van der Waals surface area contributed by atoms with Gasteiger partial charge in [-0.3, -0.25) is 4.79 Å². The Morgan fingerprint density at radius 2 is 1.87 bits per heavy atom. The van der Waals surface area contributed by atoms with Gasteiger partial charge >= 0.3 is 6.08 Å². The average Bonchev–Trinajstić information content (AvgIpc) is 3.47. The molecule has 9 heteroatoms. The van der Waals surface area contributed by atoms with Crippen LogP contribution in [0, 0.1) is 11.3 Å². The quantitative estimate of drug-likeness (QED) is 0.304. The maximum absolute atomic E-state index is 13.8. The zero-order valence-electron chi connectivity index (χ0n) is 22.7. The second-order valence-electron chi connectivity index (χ2n) is 12.3. The Balaban J connectivity index is 1.12. The zero-order valence-corrected chi connectivity index (χ0v) is 22.7. The Morgan fingerprint density at radius 1 is 1.08 bits per heavy atom. The minimum absolute atomic E-state index is 0.0127. The monoisotopic (exact) mass is 531 g/mol. The minimum Gasteiger partial charge on any atom is -0.449 e. The Hall–Kier alpha value is -3.23. The average molecular weight is 532 g/mol. The fourth-order valence-corrected chi connectivity index (χ4v) is 6.81. The van der Waals surface area contributed by atoms with Gasteiger partial charge < -0.3 is 18.6 Å². The van der Waals surface area contributed by atoms with Crippen LogP contribution in [-0.4, -0.2) is 39.4 Å². The Morgan fingerprint density at radius 3 is 2.56 bits per heavy atom. The van der Waals surface area contributed by atoms with Crippen molar-refractivity contribution < 1.29 is 18.5 Å². The van der Waals surface area contributed by atoms with Gasteiger partial charge in [0.2, 0.25) is 11.8 Å². The topological polar surface area (TPSA) is 107 Å². The molecule has 0 saturated heterocycles. The fraction of sp³-hybridized carbons (Fsp3) is 0.633. The van der Waals surface area contributed by atoms with Gasteiger partial charge in [-0.2, -0.15) is 4.98 Å². The maximum atomic E-state index is 13.8. The van der Waals surface area contributed by atoms with Crippen LogP contribution in [-0.2, 0) is 10.2 Å². The molecule has 1 aromatic carbocycles. The molecular formula is C30H37N5O4. The Bertz CT molecular complexity index is 1320. The predicted octanol–water partition coefficient (Wildman–Crippen LogP) is 6.21. The number of benzene rings is 1. The lowest BCUT2D eigenvalue weighted by atomic mass is 9.53. The first kappa shape index (κ1) is 24.8. The number of hydrogen-bond acceptors (Lipinski definition) is 8. The highest BCUT2D eigenvalue weighted by molar-refractivity contribution is 5.94. The predicted molar refractivity (Wildman–Crippen MR) is 143 cm³/mol. The molecule has 5 aliphatic rings. The van der Waals surface area contributed by atoms with Crippen LogP contribution in [0.4, 0.5) is 5.69 Å². The molecule has 0 unspecified atom stereocenters. The highest BCUT2D eigenvalue weighted by atomic mass is 16.6. The number of hydrogen-bond donors (Lipinski definition) is 0. The van der Waals surface area contributed by atoms with Gasteiger partial charge in [0.05, 0.1) is 6.61 Å². The smallest absolute Gasteiger partial charge is 0.414 e. The summed E-state index contributed by atoms with van der Waals surface area (Å²) in [5.41, 5.74) is 1.81. The van der Waals surface area contributed by atoms with Crippen LogP contribution >= 0.6 is 0 Å². The third-order valence-electron chi connectivity index (χ3n) is 9.80. The summed E-state index contributed by atoms with van der Waals surface area (Å²) in [4.78, 5) is 20.7. The first-order valence-electron chi connectivity index (χ1n) is 14.8. The van der Waals surface area contributed by atoms with Crippen LogP contribution in [0.25, 0.3) is 11.5 Å². The number of rotatable bonds is 10. The van der Waals surface area contributed by atoms with E-state index >= 15 is 0 Å². The summed E-state index contributed by atoms with van der Waals surface area (Å²) in [6.45, 7) is 3.08. The second-order valence-corrected chi connectivity index (χ2v) is 12.3. The minimum atomic E-state index is 0.0127. The number of aromatic nitrogens is 4. The van der Waals surface area contributed by atoms with Crippen molar-refractivity contribution in [2.75, 3.05) is 18.1 Å². The molecule has 5 aliphatic carbocycles. The van der Waals surface area contributed by atoms with Crippen molar-refractivity contribution in [1.82, 2.24) is 20.3 Å². The molecule has 206 valence electrons. The SMILES string of the molecule is CCOc1nnc(-c2cccc(N(CC34CCC(c5nc(C6CC6)no5)(CC3)CC4)C(=O)CC3CCC3)c2)o1. The van der Waals surface area contributed by atoms with Gasteiger partial charge in [-0.15, -0.1) is 5.10 Å². The molecule has 5 fully saturated rings. The van der Waals surface area contributed by atoms with Crippen LogP contribution in [0.2, 0.25) is 0 Å². The van der Waals surface area contributed by atoms with Crippen LogP contribution in [0.1, 0.15) is 102 Å². The third kappa shape index (κ3) is 4.74. The number of nitrogens with zero attached hydrogens (tertiary/aromatic N) is 5. The summed E-state index contributed by atoms with van der Waals surface area (Å²) in [6, 6.07) is 7.95. The van der Waals surface area contributed by atoms with E-state index < -0.39 is 0 Å². The Labute approximate surface area is 228 Å². The maximum Gasteiger partial charge on any atom is 0.414 e. The van der Waals surface area contributed by atoms with Crippen molar-refractivity contribution in [2.45, 2.75) is 95.3 Å². The van der Waals surface area contributed by atoms with E-state index in [0.29, 0.717) is 30.8 Å². The number of carbonyl (C=O) groups is 1. The molecule has 39 heavy (non-hydrogen) atoms. The van der Waals surface area contributed by atoms with E-state index in [1.54, 1.807) is 0 Å². The summed E-state index contributed by atoms with van der Waals surface area (Å²) >= 11 is 0. The summed E-state index contributed by atoms with van der Waals surface area (Å²) < 4.78 is 16.9. The summed E-state index contributed by atoms with van der Waals surface area (Å²) in [6.07, 6.45) is 13.0. The van der Waals surface area contributed by atoms with Gasteiger partial charge in [0.15, 0.2) is 5.82 Å². The lowest BCUT2D eigenvalue weighted by molar-refractivity contribution is -0.120. The first-order chi connectivity index (χ1) is 19.0. The van der Waals surface area contributed by atoms with Gasteiger partial charge in [0.1, 0.15) is 0 Å². The molecule has 0 radical (unpaired) electrons. The van der Waals surface area contributed by atoms with Crippen molar-refractivity contribution in [2.24, 2.45) is 11.3 Å². The van der Waals surface area contributed by atoms with E-state index in [9.17, 15) is 4.79 Å². The van der Waals surface area contributed by atoms with Crippen LogP contribution < -0.4 is 9.64 Å². The van der Waals surface area contributed by atoms with E-state index in [2.05, 4.69) is 20.3 Å². The van der Waals surface area contributed by atoms with Crippen molar-refractivity contribution >= 4 is 11.6 Å². The van der Waals surface area contributed by atoms with Crippen LogP contribution in [0.3, 0.4) is 0 Å². The molecule has 1 amide bonds. The highest BCUT2D eigenvalue weighted by Crippen LogP contribution is 2.58. The molecule has 3 aromatic rings. The first-order valence-corrected chi connectivity index (χ1v) is 14.8. The van der Waals surface area contributed by atoms with Crippen LogP contribution in [0.15, 0.2) is 33.2 Å². The largest absolute Gasteiger partial charge is 0.449 e. The van der Waals surface area contributed by atoms with E-state index in [1.165, 1.54) is 19.3 Å². The van der Waals surface area contributed by atoms with Crippen molar-refractivity contribution in [3.05, 3.63) is 36.0 Å².